The third-order valence-electron chi connectivity index (χ3n) is 11.9. The van der Waals surface area contributed by atoms with Gasteiger partial charge in [0.25, 0.3) is 0 Å². The van der Waals surface area contributed by atoms with Gasteiger partial charge in [-0.05, 0) is 61.8 Å². The lowest BCUT2D eigenvalue weighted by Gasteiger charge is -2.30. The minimum atomic E-state index is -1.97. The highest BCUT2D eigenvalue weighted by Crippen LogP contribution is 2.23. The molecule has 0 aliphatic carbocycles. The quantitative estimate of drug-likeness (QED) is 0.0274. The second-order valence-corrected chi connectivity index (χ2v) is 21.2. The molecule has 2 fully saturated rings. The van der Waals surface area contributed by atoms with Crippen molar-refractivity contribution < 1.29 is 62.1 Å². The van der Waals surface area contributed by atoms with Crippen molar-refractivity contribution in [2.45, 2.75) is 107 Å². The average molecular weight is 1080 g/mol. The SMILES string of the molecule is NC(=O)CC[C@@H]1CC(=O)[C@H](Cc2ccccc2)NC(=O)C(Cc2ccc(O)cc2)NC(=O)CCS(=O)SC[C@@H](C(=O)N2CCC[C@H]2C(=O)NC(CCCN=C(N)N)C(=O)NCC(N)=O)NC(=O)C(CC(N)=O)NC1=O. The number of amides is 10. The van der Waals surface area contributed by atoms with Gasteiger partial charge in [-0.15, -0.1) is 0 Å². The molecule has 0 spiro atoms. The Hall–Kier alpha value is -7.62. The lowest BCUT2D eigenvalue weighted by Crippen LogP contribution is -2.59. The molecule has 2 saturated heterocycles. The van der Waals surface area contributed by atoms with Gasteiger partial charge in [0.2, 0.25) is 59.1 Å². The minimum absolute atomic E-state index is 0.0159. The molecule has 8 atom stereocenters. The fourth-order valence-corrected chi connectivity index (χ4v) is 10.6. The number of Topliss-reactive ketones (excluding diaryl/α,β-unsaturated/α-hetero) is 1. The summed E-state index contributed by atoms with van der Waals surface area (Å²) >= 11 is 0. The minimum Gasteiger partial charge on any atom is -0.508 e. The van der Waals surface area contributed by atoms with E-state index in [1.165, 1.54) is 24.3 Å². The number of nitrogens with one attached hydrogen (secondary N) is 6. The van der Waals surface area contributed by atoms with Gasteiger partial charge in [0.05, 0.1) is 28.8 Å². The Morgan fingerprint density at radius 3 is 2.11 bits per heavy atom. The summed E-state index contributed by atoms with van der Waals surface area (Å²) in [5.74, 6) is -12.1. The largest absolute Gasteiger partial charge is 0.508 e. The summed E-state index contributed by atoms with van der Waals surface area (Å²) in [6.45, 7) is -0.509. The second-order valence-electron chi connectivity index (χ2n) is 17.8. The van der Waals surface area contributed by atoms with Crippen LogP contribution in [0.25, 0.3) is 0 Å². The van der Waals surface area contributed by atoms with E-state index in [0.29, 0.717) is 21.9 Å². The molecule has 2 heterocycles. The fourth-order valence-electron chi connectivity index (χ4n) is 8.11. The number of phenols is 1. The number of benzene rings is 2. The molecule has 17 N–H and O–H groups in total. The van der Waals surface area contributed by atoms with Gasteiger partial charge in [0.1, 0.15) is 36.0 Å². The summed E-state index contributed by atoms with van der Waals surface area (Å²) in [4.78, 5) is 153. The van der Waals surface area contributed by atoms with Crippen molar-refractivity contribution in [3.05, 3.63) is 65.7 Å². The van der Waals surface area contributed by atoms with Crippen LogP contribution in [0.4, 0.5) is 0 Å². The summed E-state index contributed by atoms with van der Waals surface area (Å²) in [5, 5.41) is 25.1. The fraction of sp³-hybridized carbons (Fsp3) is 0.489. The number of aliphatic imine (C=N–C) groups is 1. The molecule has 0 saturated carbocycles. The number of hydrogen-bond acceptors (Lipinski definition) is 15. The van der Waals surface area contributed by atoms with Crippen molar-refractivity contribution in [3.8, 4) is 5.75 Å². The van der Waals surface area contributed by atoms with Crippen molar-refractivity contribution in [2.75, 3.05) is 31.1 Å². The number of nitrogens with two attached hydrogens (primary N) is 5. The van der Waals surface area contributed by atoms with Gasteiger partial charge in [-0.3, -0.25) is 57.7 Å². The summed E-state index contributed by atoms with van der Waals surface area (Å²) in [7, 11) is -1.33. The molecule has 0 bridgehead atoms. The van der Waals surface area contributed by atoms with Gasteiger partial charge in [-0.1, -0.05) is 53.3 Å². The monoisotopic (exact) mass is 1080 g/mol. The first-order valence-electron chi connectivity index (χ1n) is 24.0. The molecule has 4 rings (SSSR count). The maximum Gasteiger partial charge on any atom is 0.246 e. The van der Waals surface area contributed by atoms with E-state index in [2.05, 4.69) is 36.9 Å². The molecule has 2 aliphatic rings. The van der Waals surface area contributed by atoms with E-state index in [-0.39, 0.29) is 75.5 Å². The molecule has 0 aromatic heterocycles. The molecule has 4 unspecified atom stereocenters. The Kier molecular flexibility index (Phi) is 23.9. The van der Waals surface area contributed by atoms with Crippen LogP contribution in [-0.4, -0.2) is 152 Å². The summed E-state index contributed by atoms with van der Waals surface area (Å²) < 4.78 is 13.6. The van der Waals surface area contributed by atoms with Crippen LogP contribution in [0.15, 0.2) is 59.6 Å². The third kappa shape index (κ3) is 20.7. The molecular formula is C47H65N13O13S2. The first-order chi connectivity index (χ1) is 35.6. The smallest absolute Gasteiger partial charge is 0.246 e. The first-order valence-corrected chi connectivity index (χ1v) is 26.8. The molecule has 10 amide bonds. The van der Waals surface area contributed by atoms with E-state index in [1.807, 2.05) is 0 Å². The number of carbonyl (C=O) groups excluding carboxylic acids is 11. The van der Waals surface area contributed by atoms with Crippen LogP contribution < -0.4 is 60.6 Å². The molecule has 26 nitrogen and oxygen atoms in total. The zero-order valence-corrected chi connectivity index (χ0v) is 42.6. The molecule has 2 aromatic carbocycles. The number of primary amides is 3. The molecule has 28 heteroatoms. The standard InChI is InChI=1S/C47H65N13O13S2/c48-37(63)15-12-28-22-36(62)31(20-26-6-2-1-3-7-26)57-43(69)32(21-27-10-13-29(61)14-11-27)55-40(66)16-19-75(73)74-25-34(59-44(70)33(23-38(49)64)58-41(28)67)46(72)60-18-5-9-35(60)45(71)56-30(8-4-17-53-47(51)52)42(68)54-24-39(50)65/h1-3,6-7,10-11,13-14,28,30-35,61H,4-5,8-9,12,15-25H2,(H2,48,63)(H2,49,64)(H2,50,65)(H,54,68)(H,55,66)(H,56,71)(H,57,69)(H,58,67)(H,59,70)(H4,51,52,53)/t28-,30?,31+,32?,33?,34+,35+,75?/m1/s1. The lowest BCUT2D eigenvalue weighted by atomic mass is 9.90. The van der Waals surface area contributed by atoms with Gasteiger partial charge in [-0.25, -0.2) is 4.21 Å². The molecule has 408 valence electrons. The summed E-state index contributed by atoms with van der Waals surface area (Å²) in [6.07, 6.45) is -2.34. The Labute approximate surface area is 437 Å². The number of hydrogen-bond donors (Lipinski definition) is 12. The number of aromatic hydroxyl groups is 1. The van der Waals surface area contributed by atoms with Crippen molar-refractivity contribution in [3.63, 3.8) is 0 Å². The number of carbonyl (C=O) groups is 11. The third-order valence-corrected chi connectivity index (χ3v) is 14.9. The van der Waals surface area contributed by atoms with E-state index >= 15 is 0 Å². The van der Waals surface area contributed by atoms with Gasteiger partial charge >= 0.3 is 0 Å². The van der Waals surface area contributed by atoms with Crippen LogP contribution in [0.1, 0.15) is 68.9 Å². The molecule has 75 heavy (non-hydrogen) atoms. The molecule has 2 aromatic rings. The number of rotatable bonds is 19. The Bertz CT molecular complexity index is 2460. The predicted molar refractivity (Wildman–Crippen MR) is 274 cm³/mol. The zero-order valence-electron chi connectivity index (χ0n) is 41.0. The molecule has 2 aliphatic heterocycles. The number of guanidine groups is 1. The Morgan fingerprint density at radius 1 is 0.800 bits per heavy atom. The van der Waals surface area contributed by atoms with Crippen LogP contribution in [0, 0.1) is 5.92 Å². The van der Waals surface area contributed by atoms with Crippen molar-refractivity contribution >= 4 is 91.4 Å². The second kappa shape index (κ2) is 29.9. The van der Waals surface area contributed by atoms with Crippen molar-refractivity contribution in [1.82, 2.24) is 36.8 Å². The number of ketones is 1. The summed E-state index contributed by atoms with van der Waals surface area (Å²) in [5.41, 5.74) is 28.1. The Balaban J connectivity index is 1.71. The number of phenolic OH excluding ortho intramolecular Hbond substituents is 1. The van der Waals surface area contributed by atoms with Crippen LogP contribution in [0.3, 0.4) is 0 Å². The maximum absolute atomic E-state index is 14.6. The highest BCUT2D eigenvalue weighted by atomic mass is 33.1. The van der Waals surface area contributed by atoms with Gasteiger partial charge in [0.15, 0.2) is 11.7 Å². The van der Waals surface area contributed by atoms with Crippen molar-refractivity contribution in [2.24, 2.45) is 39.6 Å². The van der Waals surface area contributed by atoms with Gasteiger partial charge < -0.3 is 70.6 Å². The van der Waals surface area contributed by atoms with Gasteiger partial charge in [0, 0.05) is 56.2 Å². The molecular weight excluding hydrogens is 1020 g/mol. The lowest BCUT2D eigenvalue weighted by molar-refractivity contribution is -0.142. The number of likely N-dealkylation sites (tertiary alicyclic amines) is 1. The van der Waals surface area contributed by atoms with E-state index < -0.39 is 155 Å². The van der Waals surface area contributed by atoms with Crippen LogP contribution >= 0.6 is 10.8 Å². The first kappa shape index (κ1) is 59.9. The van der Waals surface area contributed by atoms with E-state index in [4.69, 9.17) is 28.7 Å². The van der Waals surface area contributed by atoms with E-state index in [0.717, 1.165) is 4.90 Å². The average Bonchev–Trinajstić information content (AvgIpc) is 3.86. The molecule has 0 radical (unpaired) electrons. The zero-order chi connectivity index (χ0) is 55.2. The van der Waals surface area contributed by atoms with Crippen LogP contribution in [0.2, 0.25) is 0 Å². The number of nitrogens with zero attached hydrogens (tertiary/aromatic N) is 2. The van der Waals surface area contributed by atoms with Crippen LogP contribution in [0.5, 0.6) is 5.75 Å². The van der Waals surface area contributed by atoms with Crippen LogP contribution in [-0.2, 0) is 75.4 Å². The Morgan fingerprint density at radius 2 is 1.45 bits per heavy atom. The highest BCUT2D eigenvalue weighted by molar-refractivity contribution is 8.69. The maximum atomic E-state index is 14.6. The normalized spacial score (nSPS) is 22.7. The predicted octanol–water partition coefficient (Wildman–Crippen LogP) is -4.24. The van der Waals surface area contributed by atoms with E-state index in [1.54, 1.807) is 30.3 Å². The van der Waals surface area contributed by atoms with Crippen molar-refractivity contribution in [1.29, 1.82) is 0 Å². The van der Waals surface area contributed by atoms with Gasteiger partial charge in [-0.2, -0.15) is 0 Å². The topological polar surface area (TPSA) is 443 Å². The highest BCUT2D eigenvalue weighted by Gasteiger charge is 2.41. The van der Waals surface area contributed by atoms with E-state index in [9.17, 15) is 62.1 Å². The summed E-state index contributed by atoms with van der Waals surface area (Å²) in [6, 6.07) is 5.70.